The summed E-state index contributed by atoms with van der Waals surface area (Å²) < 4.78 is 53.4. The minimum absolute atomic E-state index is 0.140. The highest BCUT2D eigenvalue weighted by Gasteiger charge is 2.32. The number of carbonyl (C=O) groups excluding carboxylic acids is 1. The Morgan fingerprint density at radius 1 is 0.941 bits per heavy atom. The van der Waals surface area contributed by atoms with E-state index in [0.717, 1.165) is 49.6 Å². The van der Waals surface area contributed by atoms with Gasteiger partial charge in [-0.2, -0.15) is 4.31 Å². The van der Waals surface area contributed by atoms with Crippen molar-refractivity contribution >= 4 is 27.3 Å². The van der Waals surface area contributed by atoms with Crippen LogP contribution < -0.4 is 10.2 Å². The normalized spacial score (nSPS) is 18.8. The van der Waals surface area contributed by atoms with Gasteiger partial charge in [0, 0.05) is 56.6 Å². The van der Waals surface area contributed by atoms with E-state index in [1.165, 1.54) is 9.99 Å². The number of rotatable bonds is 5. The molecule has 2 heterocycles. The summed E-state index contributed by atoms with van der Waals surface area (Å²) in [6.45, 7) is 6.28. The Morgan fingerprint density at radius 2 is 1.62 bits per heavy atom. The van der Waals surface area contributed by atoms with E-state index in [4.69, 9.17) is 0 Å². The van der Waals surface area contributed by atoms with Crippen molar-refractivity contribution in [2.75, 3.05) is 56.5 Å². The fraction of sp³-hybridized carbons (Fsp3) is 0.458. The van der Waals surface area contributed by atoms with Crippen molar-refractivity contribution in [1.82, 2.24) is 9.21 Å². The number of benzene rings is 2. The van der Waals surface area contributed by atoms with Crippen LogP contribution in [0.1, 0.15) is 18.4 Å². The predicted molar refractivity (Wildman–Crippen MR) is 127 cm³/mol. The van der Waals surface area contributed by atoms with Gasteiger partial charge < -0.3 is 15.1 Å². The first-order chi connectivity index (χ1) is 16.1. The lowest BCUT2D eigenvalue weighted by atomic mass is 9.97. The van der Waals surface area contributed by atoms with Gasteiger partial charge in [-0.05, 0) is 68.8 Å². The van der Waals surface area contributed by atoms with Crippen molar-refractivity contribution in [2.24, 2.45) is 5.92 Å². The average molecular weight is 493 g/mol. The van der Waals surface area contributed by atoms with Gasteiger partial charge in [0.15, 0.2) is 11.6 Å². The summed E-state index contributed by atoms with van der Waals surface area (Å²) in [5.74, 6) is -2.77. The van der Waals surface area contributed by atoms with Crippen LogP contribution in [0.5, 0.6) is 0 Å². The lowest BCUT2D eigenvalue weighted by molar-refractivity contribution is -0.120. The van der Waals surface area contributed by atoms with Gasteiger partial charge in [-0.1, -0.05) is 0 Å². The number of sulfonamides is 1. The monoisotopic (exact) mass is 492 g/mol. The molecule has 2 aromatic carbocycles. The molecule has 0 atom stereocenters. The van der Waals surface area contributed by atoms with Crippen LogP contribution in [-0.4, -0.2) is 69.8 Å². The molecule has 10 heteroatoms. The molecule has 0 aromatic heterocycles. The largest absolute Gasteiger partial charge is 0.369 e. The number of hydrogen-bond donors (Lipinski definition) is 1. The van der Waals surface area contributed by atoms with Crippen molar-refractivity contribution in [3.63, 3.8) is 0 Å². The number of piperazine rings is 1. The average Bonchev–Trinajstić information content (AvgIpc) is 2.81. The molecule has 34 heavy (non-hydrogen) atoms. The Bertz CT molecular complexity index is 1160. The van der Waals surface area contributed by atoms with Gasteiger partial charge in [0.2, 0.25) is 15.9 Å². The minimum Gasteiger partial charge on any atom is -0.369 e. The molecule has 0 spiro atoms. The van der Waals surface area contributed by atoms with Crippen LogP contribution in [0.4, 0.5) is 20.2 Å². The zero-order valence-corrected chi connectivity index (χ0v) is 20.2. The quantitative estimate of drug-likeness (QED) is 0.695. The van der Waals surface area contributed by atoms with Crippen LogP contribution in [-0.2, 0) is 14.8 Å². The Balaban J connectivity index is 1.34. The number of nitrogens with zero attached hydrogens (tertiary/aromatic N) is 3. The molecular formula is C24H30F2N4O3S. The number of amides is 1. The lowest BCUT2D eigenvalue weighted by Gasteiger charge is -2.35. The molecule has 0 saturated carbocycles. The molecule has 4 rings (SSSR count). The number of likely N-dealkylation sites (N-methyl/N-ethyl adjacent to an activating group) is 1. The first kappa shape index (κ1) is 24.6. The Labute approximate surface area is 199 Å². The van der Waals surface area contributed by atoms with Gasteiger partial charge in [-0.25, -0.2) is 17.2 Å². The van der Waals surface area contributed by atoms with E-state index in [1.54, 1.807) is 0 Å². The standard InChI is InChI=1S/C24H30F2N4O3S/c1-17-15-19(3-6-23(17)29-13-11-28(2)12-14-29)27-24(31)18-7-9-30(10-8-18)34(32,33)20-4-5-21(25)22(26)16-20/h3-6,15-16,18H,7-14H2,1-2H3,(H,27,31). The summed E-state index contributed by atoms with van der Waals surface area (Å²) in [5.41, 5.74) is 2.98. The number of aryl methyl sites for hydroxylation is 1. The molecule has 2 fully saturated rings. The third kappa shape index (κ3) is 5.24. The second-order valence-corrected chi connectivity index (χ2v) is 11.0. The number of carbonyl (C=O) groups is 1. The van der Waals surface area contributed by atoms with Crippen LogP contribution in [0, 0.1) is 24.5 Å². The van der Waals surface area contributed by atoms with Crippen LogP contribution >= 0.6 is 0 Å². The van der Waals surface area contributed by atoms with Crippen molar-refractivity contribution < 1.29 is 22.0 Å². The van der Waals surface area contributed by atoms with Crippen LogP contribution in [0.2, 0.25) is 0 Å². The van der Waals surface area contributed by atoms with Crippen LogP contribution in [0.15, 0.2) is 41.3 Å². The lowest BCUT2D eigenvalue weighted by Crippen LogP contribution is -2.44. The van der Waals surface area contributed by atoms with Crippen LogP contribution in [0.3, 0.4) is 0 Å². The number of piperidine rings is 1. The summed E-state index contributed by atoms with van der Waals surface area (Å²) in [6.07, 6.45) is 0.709. The van der Waals surface area contributed by atoms with Gasteiger partial charge in [0.25, 0.3) is 0 Å². The van der Waals surface area contributed by atoms with Crippen LogP contribution in [0.25, 0.3) is 0 Å². The molecule has 2 saturated heterocycles. The van der Waals surface area contributed by atoms with E-state index < -0.39 is 21.7 Å². The molecular weight excluding hydrogens is 462 g/mol. The second kappa shape index (κ2) is 9.97. The molecule has 7 nitrogen and oxygen atoms in total. The van der Waals surface area contributed by atoms with E-state index >= 15 is 0 Å². The Morgan fingerprint density at radius 3 is 2.24 bits per heavy atom. The maximum absolute atomic E-state index is 13.5. The maximum Gasteiger partial charge on any atom is 0.243 e. The fourth-order valence-corrected chi connectivity index (χ4v) is 6.01. The number of halogens is 2. The topological polar surface area (TPSA) is 73.0 Å². The highest BCUT2D eigenvalue weighted by Crippen LogP contribution is 2.28. The summed E-state index contributed by atoms with van der Waals surface area (Å²) in [4.78, 5) is 17.2. The number of hydrogen-bond acceptors (Lipinski definition) is 5. The first-order valence-corrected chi connectivity index (χ1v) is 12.9. The molecule has 0 bridgehead atoms. The maximum atomic E-state index is 13.5. The Kier molecular flexibility index (Phi) is 7.20. The summed E-state index contributed by atoms with van der Waals surface area (Å²) >= 11 is 0. The zero-order valence-electron chi connectivity index (χ0n) is 19.4. The van der Waals surface area contributed by atoms with Crippen molar-refractivity contribution in [2.45, 2.75) is 24.7 Å². The van der Waals surface area contributed by atoms with Gasteiger partial charge in [0.05, 0.1) is 4.90 Å². The van der Waals surface area contributed by atoms with E-state index in [0.29, 0.717) is 18.9 Å². The van der Waals surface area contributed by atoms with E-state index in [9.17, 15) is 22.0 Å². The zero-order chi connectivity index (χ0) is 24.5. The molecule has 1 amide bonds. The smallest absolute Gasteiger partial charge is 0.243 e. The minimum atomic E-state index is -3.95. The van der Waals surface area contributed by atoms with E-state index in [-0.39, 0.29) is 29.8 Å². The van der Waals surface area contributed by atoms with Crippen molar-refractivity contribution in [3.8, 4) is 0 Å². The molecule has 1 N–H and O–H groups in total. The SMILES string of the molecule is Cc1cc(NC(=O)C2CCN(S(=O)(=O)c3ccc(F)c(F)c3)CC2)ccc1N1CCN(C)CC1. The van der Waals surface area contributed by atoms with E-state index in [2.05, 4.69) is 22.2 Å². The summed E-state index contributed by atoms with van der Waals surface area (Å²) in [5, 5.41) is 2.96. The van der Waals surface area contributed by atoms with Crippen molar-refractivity contribution in [1.29, 1.82) is 0 Å². The molecule has 0 aliphatic carbocycles. The van der Waals surface area contributed by atoms with Crippen molar-refractivity contribution in [3.05, 3.63) is 53.6 Å². The summed E-state index contributed by atoms with van der Waals surface area (Å²) in [6, 6.07) is 8.46. The number of nitrogens with one attached hydrogen (secondary N) is 1. The third-order valence-electron chi connectivity index (χ3n) is 6.66. The second-order valence-electron chi connectivity index (χ2n) is 9.04. The molecule has 2 aliphatic rings. The fourth-order valence-electron chi connectivity index (χ4n) is 4.52. The third-order valence-corrected chi connectivity index (χ3v) is 8.56. The Hall–Kier alpha value is -2.56. The highest BCUT2D eigenvalue weighted by molar-refractivity contribution is 7.89. The van der Waals surface area contributed by atoms with Gasteiger partial charge in [-0.3, -0.25) is 4.79 Å². The molecule has 2 aromatic rings. The van der Waals surface area contributed by atoms with Gasteiger partial charge >= 0.3 is 0 Å². The highest BCUT2D eigenvalue weighted by atomic mass is 32.2. The summed E-state index contributed by atoms with van der Waals surface area (Å²) in [7, 11) is -1.83. The molecule has 0 radical (unpaired) electrons. The molecule has 2 aliphatic heterocycles. The predicted octanol–water partition coefficient (Wildman–Crippen LogP) is 3.06. The number of anilines is 2. The van der Waals surface area contributed by atoms with Gasteiger partial charge in [0.1, 0.15) is 0 Å². The van der Waals surface area contributed by atoms with E-state index in [1.807, 2.05) is 25.1 Å². The van der Waals surface area contributed by atoms with Gasteiger partial charge in [-0.15, -0.1) is 0 Å². The first-order valence-electron chi connectivity index (χ1n) is 11.5. The molecule has 0 unspecified atom stereocenters. The molecule has 184 valence electrons.